The van der Waals surface area contributed by atoms with Gasteiger partial charge in [0.1, 0.15) is 5.69 Å². The molecule has 1 N–H and O–H groups in total. The van der Waals surface area contributed by atoms with Gasteiger partial charge in [0.15, 0.2) is 0 Å². The van der Waals surface area contributed by atoms with Crippen molar-refractivity contribution in [3.8, 4) is 11.6 Å². The number of nitrogens with zero attached hydrogens (tertiary/aromatic N) is 3. The van der Waals surface area contributed by atoms with Crippen molar-refractivity contribution in [2.24, 2.45) is 11.8 Å². The molecule has 2 heterocycles. The first kappa shape index (κ1) is 14.7. The van der Waals surface area contributed by atoms with Gasteiger partial charge in [-0.2, -0.15) is 0 Å². The topological polar surface area (TPSA) is 80.9 Å². The molecule has 0 spiro atoms. The maximum absolute atomic E-state index is 12.1. The highest BCUT2D eigenvalue weighted by Crippen LogP contribution is 2.44. The van der Waals surface area contributed by atoms with E-state index in [1.54, 1.807) is 6.20 Å². The van der Waals surface area contributed by atoms with Crippen molar-refractivity contribution in [1.29, 1.82) is 0 Å². The monoisotopic (exact) mass is 330 g/mol. The lowest BCUT2D eigenvalue weighted by Crippen LogP contribution is -2.39. The normalized spacial score (nSPS) is 25.7. The average Bonchev–Trinajstić information content (AvgIpc) is 3.30. The molecule has 2 aliphatic carbocycles. The summed E-state index contributed by atoms with van der Waals surface area (Å²) in [6.07, 6.45) is 6.71. The molecule has 0 aromatic carbocycles. The van der Waals surface area contributed by atoms with Gasteiger partial charge in [-0.05, 0) is 43.2 Å². The van der Waals surface area contributed by atoms with E-state index in [-0.39, 0.29) is 5.91 Å². The number of aromatic nitrogens is 3. The molecule has 120 valence electrons. The predicted octanol–water partition coefficient (Wildman–Crippen LogP) is 2.53. The summed E-state index contributed by atoms with van der Waals surface area (Å²) in [7, 11) is 0. The Morgan fingerprint density at radius 1 is 1.30 bits per heavy atom. The Labute approximate surface area is 138 Å². The number of carbonyl (C=O) groups is 1. The molecule has 6 nitrogen and oxygen atoms in total. The van der Waals surface area contributed by atoms with Crippen LogP contribution in [0.1, 0.15) is 25.7 Å². The Bertz CT molecular complexity index is 690. The van der Waals surface area contributed by atoms with Crippen molar-refractivity contribution in [1.82, 2.24) is 20.5 Å². The second kappa shape index (κ2) is 6.31. The molecule has 1 amide bonds. The van der Waals surface area contributed by atoms with Gasteiger partial charge < -0.3 is 9.73 Å². The van der Waals surface area contributed by atoms with Gasteiger partial charge in [-0.1, -0.05) is 24.2 Å². The molecule has 2 fully saturated rings. The molecule has 0 aliphatic heterocycles. The van der Waals surface area contributed by atoms with E-state index in [2.05, 4.69) is 20.5 Å². The fraction of sp³-hybridized carbons (Fsp3) is 0.500. The molecule has 7 heteroatoms. The van der Waals surface area contributed by atoms with Crippen LogP contribution in [0.25, 0.3) is 11.6 Å². The predicted molar refractivity (Wildman–Crippen MR) is 85.6 cm³/mol. The number of pyridine rings is 1. The lowest BCUT2D eigenvalue weighted by molar-refractivity contribution is -0.119. The standard InChI is InChI=1S/C16H18N4O2S/c21-14(18-13-8-10-4-5-11(13)7-10)9-23-16-20-19-15(22-16)12-3-1-2-6-17-12/h1-3,6,10-11,13H,4-5,7-9H2,(H,18,21)/t10-,11-,13+/m0/s1. The Morgan fingerprint density at radius 2 is 2.26 bits per heavy atom. The smallest absolute Gasteiger partial charge is 0.277 e. The summed E-state index contributed by atoms with van der Waals surface area (Å²) in [5.74, 6) is 2.24. The zero-order valence-corrected chi connectivity index (χ0v) is 13.5. The molecule has 0 unspecified atom stereocenters. The minimum atomic E-state index is 0.0464. The highest BCUT2D eigenvalue weighted by molar-refractivity contribution is 7.99. The first-order valence-electron chi connectivity index (χ1n) is 7.95. The van der Waals surface area contributed by atoms with Gasteiger partial charge in [-0.25, -0.2) is 0 Å². The van der Waals surface area contributed by atoms with Crippen LogP contribution in [0.4, 0.5) is 0 Å². The van der Waals surface area contributed by atoms with E-state index < -0.39 is 0 Å². The summed E-state index contributed by atoms with van der Waals surface area (Å²) in [6, 6.07) is 5.87. The Kier molecular flexibility index (Phi) is 4.03. The number of nitrogens with one attached hydrogen (secondary N) is 1. The molecule has 2 aliphatic rings. The number of rotatable bonds is 5. The molecule has 2 saturated carbocycles. The highest BCUT2D eigenvalue weighted by Gasteiger charge is 2.40. The maximum atomic E-state index is 12.1. The van der Waals surface area contributed by atoms with Gasteiger partial charge in [-0.15, -0.1) is 10.2 Å². The lowest BCUT2D eigenvalue weighted by Gasteiger charge is -2.22. The van der Waals surface area contributed by atoms with Crippen molar-refractivity contribution in [2.75, 3.05) is 5.75 Å². The van der Waals surface area contributed by atoms with E-state index in [9.17, 15) is 4.79 Å². The Hall–Kier alpha value is -1.89. The fourth-order valence-corrected chi connectivity index (χ4v) is 4.23. The van der Waals surface area contributed by atoms with Gasteiger partial charge in [0, 0.05) is 12.2 Å². The molecule has 23 heavy (non-hydrogen) atoms. The van der Waals surface area contributed by atoms with Crippen LogP contribution in [0, 0.1) is 11.8 Å². The minimum Gasteiger partial charge on any atom is -0.410 e. The first-order valence-corrected chi connectivity index (χ1v) is 8.93. The van der Waals surface area contributed by atoms with E-state index in [4.69, 9.17) is 4.42 Å². The van der Waals surface area contributed by atoms with E-state index in [1.165, 1.54) is 31.0 Å². The summed E-state index contributed by atoms with van der Waals surface area (Å²) in [5, 5.41) is 11.5. The molecule has 4 rings (SSSR count). The highest BCUT2D eigenvalue weighted by atomic mass is 32.2. The first-order chi connectivity index (χ1) is 11.3. The van der Waals surface area contributed by atoms with Crippen molar-refractivity contribution in [2.45, 2.75) is 36.9 Å². The third-order valence-corrected chi connectivity index (χ3v) is 5.52. The van der Waals surface area contributed by atoms with Crippen LogP contribution in [0.2, 0.25) is 0 Å². The van der Waals surface area contributed by atoms with Crippen molar-refractivity contribution >= 4 is 17.7 Å². The Balaban J connectivity index is 1.29. The maximum Gasteiger partial charge on any atom is 0.277 e. The van der Waals surface area contributed by atoms with Gasteiger partial charge in [0.05, 0.1) is 5.75 Å². The van der Waals surface area contributed by atoms with Crippen molar-refractivity contribution in [3.05, 3.63) is 24.4 Å². The van der Waals surface area contributed by atoms with Crippen LogP contribution in [0.3, 0.4) is 0 Å². The molecule has 2 aromatic heterocycles. The van der Waals surface area contributed by atoms with E-state index >= 15 is 0 Å². The number of hydrogen-bond donors (Lipinski definition) is 1. The number of fused-ring (bicyclic) bond motifs is 2. The van der Waals surface area contributed by atoms with Gasteiger partial charge in [-0.3, -0.25) is 9.78 Å². The second-order valence-electron chi connectivity index (χ2n) is 6.23. The van der Waals surface area contributed by atoms with Crippen LogP contribution < -0.4 is 5.32 Å². The molecular formula is C16H18N4O2S. The van der Waals surface area contributed by atoms with Crippen LogP contribution in [0.5, 0.6) is 0 Å². The molecule has 2 aromatic rings. The van der Waals surface area contributed by atoms with E-state index in [0.29, 0.717) is 34.5 Å². The van der Waals surface area contributed by atoms with E-state index in [1.807, 2.05) is 18.2 Å². The number of hydrogen-bond acceptors (Lipinski definition) is 6. The Morgan fingerprint density at radius 3 is 3.00 bits per heavy atom. The zero-order chi connectivity index (χ0) is 15.6. The summed E-state index contributed by atoms with van der Waals surface area (Å²) < 4.78 is 5.54. The van der Waals surface area contributed by atoms with Crippen LogP contribution in [-0.4, -0.2) is 32.9 Å². The van der Waals surface area contributed by atoms with Crippen molar-refractivity contribution < 1.29 is 9.21 Å². The largest absolute Gasteiger partial charge is 0.410 e. The number of carbonyl (C=O) groups excluding carboxylic acids is 1. The molecule has 0 saturated heterocycles. The van der Waals surface area contributed by atoms with Crippen LogP contribution >= 0.6 is 11.8 Å². The average molecular weight is 330 g/mol. The number of amides is 1. The summed E-state index contributed by atoms with van der Waals surface area (Å²) in [5.41, 5.74) is 0.637. The SMILES string of the molecule is O=C(CSc1nnc(-c2ccccn2)o1)N[C@@H]1C[C@H]2CC[C@H]1C2. The molecule has 2 bridgehead atoms. The van der Waals surface area contributed by atoms with Crippen molar-refractivity contribution in [3.63, 3.8) is 0 Å². The van der Waals surface area contributed by atoms with Gasteiger partial charge in [0.2, 0.25) is 5.91 Å². The van der Waals surface area contributed by atoms with Gasteiger partial charge in [0.25, 0.3) is 11.1 Å². The quantitative estimate of drug-likeness (QED) is 0.849. The molecule has 3 atom stereocenters. The third-order valence-electron chi connectivity index (χ3n) is 4.70. The lowest BCUT2D eigenvalue weighted by atomic mass is 9.95. The van der Waals surface area contributed by atoms with E-state index in [0.717, 1.165) is 12.3 Å². The molecular weight excluding hydrogens is 312 g/mol. The van der Waals surface area contributed by atoms with Crippen LogP contribution in [-0.2, 0) is 4.79 Å². The summed E-state index contributed by atoms with van der Waals surface area (Å²) in [6.45, 7) is 0. The molecule has 0 radical (unpaired) electrons. The second-order valence-corrected chi connectivity index (χ2v) is 7.15. The fourth-order valence-electron chi connectivity index (χ4n) is 3.66. The zero-order valence-electron chi connectivity index (χ0n) is 12.6. The third kappa shape index (κ3) is 3.24. The summed E-state index contributed by atoms with van der Waals surface area (Å²) >= 11 is 1.27. The van der Waals surface area contributed by atoms with Crippen LogP contribution in [0.15, 0.2) is 34.0 Å². The van der Waals surface area contributed by atoms with Gasteiger partial charge >= 0.3 is 0 Å². The number of thioether (sulfide) groups is 1. The summed E-state index contributed by atoms with van der Waals surface area (Å²) in [4.78, 5) is 16.3. The minimum absolute atomic E-state index is 0.0464.